The van der Waals surface area contributed by atoms with Crippen molar-refractivity contribution in [1.82, 2.24) is 0 Å². The number of aliphatic hydroxyl groups excluding tert-OH is 1. The number of nitriles is 1. The van der Waals surface area contributed by atoms with E-state index in [1.54, 1.807) is 18.2 Å². The molecule has 0 amide bonds. The number of ether oxygens (including phenoxy) is 3. The fourth-order valence-corrected chi connectivity index (χ4v) is 2.69. The molecule has 3 rings (SSSR count). The van der Waals surface area contributed by atoms with Crippen molar-refractivity contribution in [3.8, 4) is 17.6 Å². The molecular weight excluding hydrogens is 318 g/mol. The monoisotopic (exact) mass is 339 g/mol. The molecule has 0 atom stereocenters. The summed E-state index contributed by atoms with van der Waals surface area (Å²) in [5, 5.41) is 18.4. The minimum absolute atomic E-state index is 0.141. The molecule has 1 heterocycles. The molecule has 5 heteroatoms. The first kappa shape index (κ1) is 17.4. The van der Waals surface area contributed by atoms with E-state index in [0.717, 1.165) is 31.6 Å². The summed E-state index contributed by atoms with van der Waals surface area (Å²) in [6.07, 6.45) is 2.16. The van der Waals surface area contributed by atoms with Gasteiger partial charge in [0.15, 0.2) is 0 Å². The molecule has 5 nitrogen and oxygen atoms in total. The zero-order valence-electron chi connectivity index (χ0n) is 14.0. The van der Waals surface area contributed by atoms with E-state index in [9.17, 15) is 5.11 Å². The first-order valence-corrected chi connectivity index (χ1v) is 8.38. The third-order valence-electron chi connectivity index (χ3n) is 4.17. The standard InChI is InChI=1S/C20H21NO4/c21-12-16-1-4-17(13-22)20(11-16)25-19-5-2-15(3-6-19)14-24-18-7-9-23-10-8-18/h1-6,11,18,22H,7-10,13-14H2. The van der Waals surface area contributed by atoms with Crippen LogP contribution in [0.25, 0.3) is 0 Å². The van der Waals surface area contributed by atoms with Crippen LogP contribution in [0.2, 0.25) is 0 Å². The smallest absolute Gasteiger partial charge is 0.134 e. The van der Waals surface area contributed by atoms with Gasteiger partial charge in [-0.3, -0.25) is 0 Å². The number of hydrogen-bond acceptors (Lipinski definition) is 5. The van der Waals surface area contributed by atoms with Crippen LogP contribution >= 0.6 is 0 Å². The molecule has 0 radical (unpaired) electrons. The second-order valence-electron chi connectivity index (χ2n) is 5.96. The van der Waals surface area contributed by atoms with Gasteiger partial charge >= 0.3 is 0 Å². The SMILES string of the molecule is N#Cc1ccc(CO)c(Oc2ccc(COC3CCOCC3)cc2)c1. The van der Waals surface area contributed by atoms with Crippen molar-refractivity contribution >= 4 is 0 Å². The average Bonchev–Trinajstić information content (AvgIpc) is 2.68. The molecule has 1 saturated heterocycles. The van der Waals surface area contributed by atoms with Crippen molar-refractivity contribution in [2.75, 3.05) is 13.2 Å². The van der Waals surface area contributed by atoms with E-state index in [1.165, 1.54) is 0 Å². The average molecular weight is 339 g/mol. The highest BCUT2D eigenvalue weighted by Gasteiger charge is 2.14. The van der Waals surface area contributed by atoms with Crippen molar-refractivity contribution < 1.29 is 19.3 Å². The summed E-state index contributed by atoms with van der Waals surface area (Å²) in [6, 6.07) is 14.7. The first-order valence-electron chi connectivity index (χ1n) is 8.38. The van der Waals surface area contributed by atoms with E-state index in [0.29, 0.717) is 29.2 Å². The largest absolute Gasteiger partial charge is 0.457 e. The van der Waals surface area contributed by atoms with Gasteiger partial charge in [0.05, 0.1) is 31.0 Å². The van der Waals surface area contributed by atoms with E-state index in [4.69, 9.17) is 19.5 Å². The van der Waals surface area contributed by atoms with Gasteiger partial charge in [-0.1, -0.05) is 18.2 Å². The van der Waals surface area contributed by atoms with E-state index in [2.05, 4.69) is 6.07 Å². The maximum atomic E-state index is 9.41. The zero-order valence-corrected chi connectivity index (χ0v) is 14.0. The lowest BCUT2D eigenvalue weighted by Gasteiger charge is -2.22. The fourth-order valence-electron chi connectivity index (χ4n) is 2.69. The normalized spacial score (nSPS) is 14.9. The van der Waals surface area contributed by atoms with Crippen molar-refractivity contribution in [2.24, 2.45) is 0 Å². The second-order valence-corrected chi connectivity index (χ2v) is 5.96. The van der Waals surface area contributed by atoms with Gasteiger partial charge in [-0.05, 0) is 42.7 Å². The van der Waals surface area contributed by atoms with Crippen LogP contribution in [0.4, 0.5) is 0 Å². The molecule has 1 N–H and O–H groups in total. The minimum Gasteiger partial charge on any atom is -0.457 e. The van der Waals surface area contributed by atoms with Crippen molar-refractivity contribution in [1.29, 1.82) is 5.26 Å². The maximum absolute atomic E-state index is 9.41. The van der Waals surface area contributed by atoms with E-state index < -0.39 is 0 Å². The Hall–Kier alpha value is -2.39. The molecule has 0 unspecified atom stereocenters. The van der Waals surface area contributed by atoms with Gasteiger partial charge in [0.2, 0.25) is 0 Å². The topological polar surface area (TPSA) is 71.7 Å². The van der Waals surface area contributed by atoms with Gasteiger partial charge in [-0.25, -0.2) is 0 Å². The lowest BCUT2D eigenvalue weighted by Crippen LogP contribution is -2.23. The van der Waals surface area contributed by atoms with Crippen LogP contribution in [-0.4, -0.2) is 24.4 Å². The highest BCUT2D eigenvalue weighted by molar-refractivity contribution is 5.44. The molecule has 0 aliphatic carbocycles. The molecule has 0 bridgehead atoms. The van der Waals surface area contributed by atoms with Crippen LogP contribution in [0.5, 0.6) is 11.5 Å². The van der Waals surface area contributed by atoms with Gasteiger partial charge in [0.25, 0.3) is 0 Å². The molecule has 1 aliphatic rings. The van der Waals surface area contributed by atoms with Crippen LogP contribution in [0, 0.1) is 11.3 Å². The van der Waals surface area contributed by atoms with Crippen LogP contribution < -0.4 is 4.74 Å². The molecule has 0 saturated carbocycles. The quantitative estimate of drug-likeness (QED) is 0.871. The zero-order chi connectivity index (χ0) is 17.5. The Labute approximate surface area is 147 Å². The van der Waals surface area contributed by atoms with Gasteiger partial charge in [0.1, 0.15) is 11.5 Å². The van der Waals surface area contributed by atoms with Crippen LogP contribution in [-0.2, 0) is 22.7 Å². The summed E-state index contributed by atoms with van der Waals surface area (Å²) in [5.41, 5.74) is 2.21. The number of hydrogen-bond donors (Lipinski definition) is 1. The number of rotatable bonds is 6. The predicted molar refractivity (Wildman–Crippen MR) is 92.2 cm³/mol. The Kier molecular flexibility index (Phi) is 6.02. The van der Waals surface area contributed by atoms with Gasteiger partial charge < -0.3 is 19.3 Å². The second kappa shape index (κ2) is 8.63. The van der Waals surface area contributed by atoms with Crippen LogP contribution in [0.15, 0.2) is 42.5 Å². The molecule has 1 aliphatic heterocycles. The third kappa shape index (κ3) is 4.80. The molecule has 2 aromatic rings. The Morgan fingerprint density at radius 3 is 2.56 bits per heavy atom. The molecule has 130 valence electrons. The van der Waals surface area contributed by atoms with Crippen LogP contribution in [0.3, 0.4) is 0 Å². The molecule has 0 aromatic heterocycles. The fraction of sp³-hybridized carbons (Fsp3) is 0.350. The Balaban J connectivity index is 1.61. The van der Waals surface area contributed by atoms with Crippen molar-refractivity contribution in [3.63, 3.8) is 0 Å². The third-order valence-corrected chi connectivity index (χ3v) is 4.17. The van der Waals surface area contributed by atoms with E-state index in [1.807, 2.05) is 24.3 Å². The summed E-state index contributed by atoms with van der Waals surface area (Å²) in [5.74, 6) is 1.15. The highest BCUT2D eigenvalue weighted by atomic mass is 16.5. The van der Waals surface area contributed by atoms with Gasteiger partial charge in [-0.2, -0.15) is 5.26 Å². The molecular formula is C20H21NO4. The Morgan fingerprint density at radius 2 is 1.88 bits per heavy atom. The number of aliphatic hydroxyl groups is 1. The summed E-state index contributed by atoms with van der Waals surface area (Å²) in [4.78, 5) is 0. The van der Waals surface area contributed by atoms with E-state index in [-0.39, 0.29) is 12.7 Å². The summed E-state index contributed by atoms with van der Waals surface area (Å²) in [6.45, 7) is 1.97. The molecule has 0 spiro atoms. The lowest BCUT2D eigenvalue weighted by molar-refractivity contribution is -0.0390. The Morgan fingerprint density at radius 1 is 1.12 bits per heavy atom. The highest BCUT2D eigenvalue weighted by Crippen LogP contribution is 2.27. The van der Waals surface area contributed by atoms with Gasteiger partial charge in [-0.15, -0.1) is 0 Å². The summed E-state index contributed by atoms with van der Waals surface area (Å²) in [7, 11) is 0. The Bertz CT molecular complexity index is 730. The molecule has 2 aromatic carbocycles. The number of nitrogens with zero attached hydrogens (tertiary/aromatic N) is 1. The summed E-state index contributed by atoms with van der Waals surface area (Å²) >= 11 is 0. The minimum atomic E-state index is -0.141. The number of benzene rings is 2. The first-order chi connectivity index (χ1) is 12.3. The van der Waals surface area contributed by atoms with Gasteiger partial charge in [0, 0.05) is 18.8 Å². The molecule has 25 heavy (non-hydrogen) atoms. The lowest BCUT2D eigenvalue weighted by atomic mass is 10.1. The molecule has 1 fully saturated rings. The summed E-state index contributed by atoms with van der Waals surface area (Å²) < 4.78 is 17.1. The van der Waals surface area contributed by atoms with E-state index >= 15 is 0 Å². The maximum Gasteiger partial charge on any atom is 0.134 e. The van der Waals surface area contributed by atoms with Crippen molar-refractivity contribution in [2.45, 2.75) is 32.2 Å². The van der Waals surface area contributed by atoms with Crippen molar-refractivity contribution in [3.05, 3.63) is 59.2 Å². The predicted octanol–water partition coefficient (Wildman–Crippen LogP) is 3.54. The van der Waals surface area contributed by atoms with Crippen LogP contribution in [0.1, 0.15) is 29.5 Å².